The van der Waals surface area contributed by atoms with Gasteiger partial charge in [0.05, 0.1) is 20.8 Å². The molecule has 0 aliphatic carbocycles. The van der Waals surface area contributed by atoms with Crippen LogP contribution in [0.5, 0.6) is 0 Å². The Kier molecular flexibility index (Phi) is 6.32. The maximum absolute atomic E-state index is 12.1. The molecule has 7 nitrogen and oxygen atoms in total. The monoisotopic (exact) mass is 464 g/mol. The fourth-order valence-electron chi connectivity index (χ4n) is 2.04. The number of carbonyl (C=O) groups excluding carboxylic acids is 3. The lowest BCUT2D eigenvalue weighted by atomic mass is 10.2. The molecule has 1 aromatic carbocycles. The zero-order valence-corrected chi connectivity index (χ0v) is 16.9. The number of nitrogens with one attached hydrogen (secondary N) is 3. The Morgan fingerprint density at radius 1 is 1.00 bits per heavy atom. The van der Waals surface area contributed by atoms with Gasteiger partial charge in [-0.2, -0.15) is 0 Å². The molecule has 3 amide bonds. The number of benzene rings is 1. The number of carbonyl (C=O) groups is 3. The predicted octanol–water partition coefficient (Wildman–Crippen LogP) is 3.22. The summed E-state index contributed by atoms with van der Waals surface area (Å²) < 4.78 is 0.825. The Balaban J connectivity index is 1.49. The third-order valence-electron chi connectivity index (χ3n) is 3.26. The highest BCUT2D eigenvalue weighted by Gasteiger charge is 2.13. The number of rotatable bonds is 5. The second kappa shape index (κ2) is 8.89. The molecule has 27 heavy (non-hydrogen) atoms. The van der Waals surface area contributed by atoms with Crippen molar-refractivity contribution in [3.63, 3.8) is 0 Å². The van der Waals surface area contributed by atoms with Crippen molar-refractivity contribution >= 4 is 61.5 Å². The van der Waals surface area contributed by atoms with Gasteiger partial charge in [0.25, 0.3) is 11.8 Å². The molecule has 138 valence electrons. The average Bonchev–Trinajstić information content (AvgIpc) is 3.29. The number of hydrazine groups is 1. The third-order valence-corrected chi connectivity index (χ3v) is 5.69. The van der Waals surface area contributed by atoms with Crippen LogP contribution in [-0.4, -0.2) is 22.7 Å². The zero-order valence-electron chi connectivity index (χ0n) is 13.7. The van der Waals surface area contributed by atoms with E-state index in [1.54, 1.807) is 41.8 Å². The topological polar surface area (TPSA) is 100 Å². The quantitative estimate of drug-likeness (QED) is 0.504. The van der Waals surface area contributed by atoms with Crippen molar-refractivity contribution in [2.75, 3.05) is 5.32 Å². The summed E-state index contributed by atoms with van der Waals surface area (Å²) in [6, 6.07) is 12.2. The van der Waals surface area contributed by atoms with E-state index in [4.69, 9.17) is 0 Å². The van der Waals surface area contributed by atoms with Crippen molar-refractivity contribution in [1.82, 2.24) is 15.8 Å². The number of hydrogen-bond acceptors (Lipinski definition) is 6. The zero-order chi connectivity index (χ0) is 19.2. The van der Waals surface area contributed by atoms with Gasteiger partial charge in [0.1, 0.15) is 0 Å². The Morgan fingerprint density at radius 2 is 1.78 bits per heavy atom. The van der Waals surface area contributed by atoms with Crippen molar-refractivity contribution < 1.29 is 14.4 Å². The molecule has 3 aromatic rings. The van der Waals surface area contributed by atoms with Gasteiger partial charge in [0.15, 0.2) is 5.13 Å². The van der Waals surface area contributed by atoms with Crippen molar-refractivity contribution in [3.05, 3.63) is 67.8 Å². The molecule has 2 aromatic heterocycles. The lowest BCUT2D eigenvalue weighted by Crippen LogP contribution is -2.42. The van der Waals surface area contributed by atoms with Gasteiger partial charge >= 0.3 is 0 Å². The van der Waals surface area contributed by atoms with Crippen LogP contribution in [-0.2, 0) is 11.2 Å². The summed E-state index contributed by atoms with van der Waals surface area (Å²) in [7, 11) is 0. The largest absolute Gasteiger partial charge is 0.298 e. The molecule has 0 aliphatic rings. The van der Waals surface area contributed by atoms with Crippen molar-refractivity contribution in [2.45, 2.75) is 6.42 Å². The summed E-state index contributed by atoms with van der Waals surface area (Å²) in [5.74, 6) is -1.08. The highest BCUT2D eigenvalue weighted by molar-refractivity contribution is 9.11. The van der Waals surface area contributed by atoms with Gasteiger partial charge in [-0.15, -0.1) is 22.7 Å². The first-order valence-corrected chi connectivity index (χ1v) is 10.2. The molecular weight excluding hydrogens is 452 g/mol. The van der Waals surface area contributed by atoms with Gasteiger partial charge in [0, 0.05) is 10.9 Å². The van der Waals surface area contributed by atoms with E-state index in [-0.39, 0.29) is 12.3 Å². The highest BCUT2D eigenvalue weighted by Crippen LogP contribution is 2.21. The Bertz CT molecular complexity index is 971. The van der Waals surface area contributed by atoms with E-state index < -0.39 is 11.8 Å². The van der Waals surface area contributed by atoms with Crippen LogP contribution in [0, 0.1) is 0 Å². The fourth-order valence-corrected chi connectivity index (χ4v) is 4.02. The van der Waals surface area contributed by atoms with Crippen LogP contribution in [0.2, 0.25) is 0 Å². The number of halogens is 1. The van der Waals surface area contributed by atoms with Gasteiger partial charge in [-0.3, -0.25) is 30.6 Å². The van der Waals surface area contributed by atoms with Crippen LogP contribution in [0.25, 0.3) is 0 Å². The lowest BCUT2D eigenvalue weighted by molar-refractivity contribution is -0.121. The van der Waals surface area contributed by atoms with Crippen molar-refractivity contribution in [3.8, 4) is 0 Å². The van der Waals surface area contributed by atoms with Crippen LogP contribution >= 0.6 is 38.6 Å². The Labute approximate surface area is 170 Å². The molecular formula is C17H13BrN4O3S2. The molecule has 0 atom stereocenters. The number of amides is 3. The number of thiophene rings is 1. The first-order chi connectivity index (χ1) is 13.0. The SMILES string of the molecule is O=C(Cc1csc(NC(=O)c2ccccc2)n1)NNC(=O)c1ccc(Br)s1. The number of aromatic nitrogens is 1. The first kappa shape index (κ1) is 19.2. The molecule has 10 heteroatoms. The summed E-state index contributed by atoms with van der Waals surface area (Å²) in [5.41, 5.74) is 5.71. The van der Waals surface area contributed by atoms with E-state index in [1.165, 1.54) is 22.7 Å². The van der Waals surface area contributed by atoms with E-state index in [2.05, 4.69) is 37.1 Å². The minimum atomic E-state index is -0.412. The maximum Gasteiger partial charge on any atom is 0.279 e. The molecule has 0 fully saturated rings. The molecule has 0 radical (unpaired) electrons. The number of anilines is 1. The lowest BCUT2D eigenvalue weighted by Gasteiger charge is -2.05. The second-order valence-corrected chi connectivity index (χ2v) is 8.57. The molecule has 2 heterocycles. The molecule has 3 N–H and O–H groups in total. The highest BCUT2D eigenvalue weighted by atomic mass is 79.9. The van der Waals surface area contributed by atoms with E-state index in [0.717, 1.165) is 3.79 Å². The van der Waals surface area contributed by atoms with E-state index in [9.17, 15) is 14.4 Å². The Morgan fingerprint density at radius 3 is 2.48 bits per heavy atom. The molecule has 0 spiro atoms. The van der Waals surface area contributed by atoms with Gasteiger partial charge in [-0.1, -0.05) is 18.2 Å². The summed E-state index contributed by atoms with van der Waals surface area (Å²) >= 11 is 5.76. The third kappa shape index (κ3) is 5.46. The standard InChI is InChI=1S/C17H13BrN4O3S2/c18-13-7-6-12(27-13)16(25)22-21-14(23)8-11-9-26-17(19-11)20-15(24)10-4-2-1-3-5-10/h1-7,9H,8H2,(H,21,23)(H,22,25)(H,19,20,24). The molecule has 0 bridgehead atoms. The molecule has 0 saturated heterocycles. The number of thiazole rings is 1. The van der Waals surface area contributed by atoms with Crippen LogP contribution in [0.4, 0.5) is 5.13 Å². The molecule has 0 saturated carbocycles. The fraction of sp³-hybridized carbons (Fsp3) is 0.0588. The average molecular weight is 465 g/mol. The normalized spacial score (nSPS) is 10.3. The van der Waals surface area contributed by atoms with Crippen LogP contribution < -0.4 is 16.2 Å². The van der Waals surface area contributed by atoms with Gasteiger partial charge in [0.2, 0.25) is 5.91 Å². The minimum Gasteiger partial charge on any atom is -0.298 e. The Hall–Kier alpha value is -2.56. The molecule has 0 unspecified atom stereocenters. The minimum absolute atomic E-state index is 0.0217. The van der Waals surface area contributed by atoms with Crippen LogP contribution in [0.15, 0.2) is 51.6 Å². The summed E-state index contributed by atoms with van der Waals surface area (Å²) in [6.07, 6.45) is -0.0217. The predicted molar refractivity (Wildman–Crippen MR) is 108 cm³/mol. The summed E-state index contributed by atoms with van der Waals surface area (Å²) in [5, 5.41) is 4.77. The number of nitrogens with zero attached hydrogens (tertiary/aromatic N) is 1. The summed E-state index contributed by atoms with van der Waals surface area (Å²) in [6.45, 7) is 0. The van der Waals surface area contributed by atoms with Gasteiger partial charge in [-0.05, 0) is 40.2 Å². The first-order valence-electron chi connectivity index (χ1n) is 7.66. The van der Waals surface area contributed by atoms with Crippen LogP contribution in [0.1, 0.15) is 25.7 Å². The van der Waals surface area contributed by atoms with Gasteiger partial charge in [-0.25, -0.2) is 4.98 Å². The van der Waals surface area contributed by atoms with Crippen LogP contribution in [0.3, 0.4) is 0 Å². The van der Waals surface area contributed by atoms with Crippen molar-refractivity contribution in [1.29, 1.82) is 0 Å². The number of hydrogen-bond donors (Lipinski definition) is 3. The van der Waals surface area contributed by atoms with Gasteiger partial charge < -0.3 is 0 Å². The molecule has 0 aliphatic heterocycles. The van der Waals surface area contributed by atoms with Crippen molar-refractivity contribution in [2.24, 2.45) is 0 Å². The van der Waals surface area contributed by atoms with E-state index in [0.29, 0.717) is 21.3 Å². The summed E-state index contributed by atoms with van der Waals surface area (Å²) in [4.78, 5) is 40.6. The molecule has 3 rings (SSSR count). The van der Waals surface area contributed by atoms with E-state index in [1.807, 2.05) is 6.07 Å². The maximum atomic E-state index is 12.1. The second-order valence-electron chi connectivity index (χ2n) is 5.25. The van der Waals surface area contributed by atoms with E-state index >= 15 is 0 Å². The smallest absolute Gasteiger partial charge is 0.279 e.